The summed E-state index contributed by atoms with van der Waals surface area (Å²) in [5.41, 5.74) is 0. The molecule has 1 N–H and O–H groups in total. The number of hydrogen-bond acceptors (Lipinski definition) is 2. The molecule has 0 amide bonds. The van der Waals surface area contributed by atoms with Gasteiger partial charge in [0.05, 0.1) is 6.61 Å². The lowest BCUT2D eigenvalue weighted by atomic mass is 10.8. The second kappa shape index (κ2) is 5.40. The highest BCUT2D eigenvalue weighted by Gasteiger charge is 1.89. The zero-order chi connectivity index (χ0) is 6.41. The van der Waals surface area contributed by atoms with Crippen LogP contribution in [-0.2, 0) is 0 Å². The number of rotatable bonds is 4. The maximum atomic E-state index is 8.39. The largest absolute Gasteiger partial charge is 0.395 e. The smallest absolute Gasteiger partial charge is 0.0572 e. The van der Waals surface area contributed by atoms with Gasteiger partial charge in [-0.3, -0.25) is 0 Å². The highest BCUT2D eigenvalue weighted by Crippen LogP contribution is 2.13. The minimum absolute atomic E-state index is 0.186. The van der Waals surface area contributed by atoms with Crippen LogP contribution in [-0.4, -0.2) is 35.3 Å². The summed E-state index contributed by atoms with van der Waals surface area (Å²) in [5.74, 6) is 0. The fourth-order valence-corrected chi connectivity index (χ4v) is 1.10. The molecule has 2 nitrogen and oxygen atoms in total. The molecule has 0 atom stereocenters. The van der Waals surface area contributed by atoms with E-state index in [2.05, 4.69) is 12.6 Å². The molecule has 46 valence electrons. The zero-order valence-electron chi connectivity index (χ0n) is 4.62. The van der Waals surface area contributed by atoms with Crippen molar-refractivity contribution in [2.45, 2.75) is 0 Å². The van der Waals surface area contributed by atoms with E-state index in [0.29, 0.717) is 6.54 Å². The number of aliphatic hydroxyl groups excluding tert-OH is 1. The molecule has 0 bridgehead atoms. The van der Waals surface area contributed by atoms with Crippen molar-refractivity contribution in [3.63, 3.8) is 0 Å². The summed E-state index contributed by atoms with van der Waals surface area (Å²) in [5, 5.41) is 8.39. The molecular weight excluding hydrogens is 140 g/mol. The summed E-state index contributed by atoms with van der Waals surface area (Å²) in [6.07, 6.45) is 7.23. The van der Waals surface area contributed by atoms with E-state index in [0.717, 1.165) is 16.7 Å². The first-order chi connectivity index (χ1) is 3.85. The summed E-state index contributed by atoms with van der Waals surface area (Å²) in [7, 11) is 1.85. The average Bonchev–Trinajstić information content (AvgIpc) is 1.83. The van der Waals surface area contributed by atoms with Crippen molar-refractivity contribution in [3.05, 3.63) is 0 Å². The molecule has 0 aliphatic heterocycles. The third-order valence-electron chi connectivity index (χ3n) is 0.626. The number of hydrogen-bond donors (Lipinski definition) is 1. The van der Waals surface area contributed by atoms with Crippen molar-refractivity contribution in [1.82, 2.24) is 4.44 Å². The normalized spacial score (nSPS) is 11.2. The van der Waals surface area contributed by atoms with Gasteiger partial charge in [0.1, 0.15) is 0 Å². The van der Waals surface area contributed by atoms with Crippen LogP contribution in [0.1, 0.15) is 0 Å². The first-order valence-electron chi connectivity index (χ1n) is 2.16. The Morgan fingerprint density at radius 2 is 1.88 bits per heavy atom. The highest BCUT2D eigenvalue weighted by atomic mass is 31.1. The summed E-state index contributed by atoms with van der Waals surface area (Å²) >= 11 is 0. The molecule has 0 radical (unpaired) electrons. The van der Waals surface area contributed by atoms with Gasteiger partial charge in [-0.25, -0.2) is 4.44 Å². The molecule has 0 rings (SSSR count). The van der Waals surface area contributed by atoms with Crippen LogP contribution >= 0.6 is 16.7 Å². The van der Waals surface area contributed by atoms with Gasteiger partial charge in [0.2, 0.25) is 0 Å². The molecule has 0 unspecified atom stereocenters. The van der Waals surface area contributed by atoms with Gasteiger partial charge in [-0.2, -0.15) is 0 Å². The van der Waals surface area contributed by atoms with Crippen LogP contribution in [0.2, 0.25) is 0 Å². The van der Waals surface area contributed by atoms with Gasteiger partial charge in [0.25, 0.3) is 0 Å². The highest BCUT2D eigenvalue weighted by molar-refractivity contribution is 7.49. The third-order valence-corrected chi connectivity index (χ3v) is 2.44. The van der Waals surface area contributed by atoms with Crippen LogP contribution in [0.3, 0.4) is 0 Å². The Morgan fingerprint density at radius 1 is 1.38 bits per heavy atom. The first kappa shape index (κ1) is 8.26. The lowest BCUT2D eigenvalue weighted by Crippen LogP contribution is -2.04. The maximum Gasteiger partial charge on any atom is 0.0572 e. The molecule has 0 aromatic carbocycles. The van der Waals surface area contributed by atoms with E-state index in [4.69, 9.17) is 5.11 Å². The van der Waals surface area contributed by atoms with Crippen LogP contribution in [0.25, 0.3) is 0 Å². The van der Waals surface area contributed by atoms with Crippen LogP contribution in [0.15, 0.2) is 0 Å². The van der Waals surface area contributed by atoms with Crippen molar-refractivity contribution in [3.8, 4) is 0 Å². The predicted molar refractivity (Wildman–Crippen MR) is 41.9 cm³/mol. The summed E-state index contributed by atoms with van der Waals surface area (Å²) in [6.45, 7) is 0.848. The number of nitrogens with zero attached hydrogens (tertiary/aromatic N) is 1. The van der Waals surface area contributed by atoms with Crippen molar-refractivity contribution in [1.29, 1.82) is 0 Å². The van der Waals surface area contributed by atoms with E-state index >= 15 is 0 Å². The van der Waals surface area contributed by atoms with Crippen LogP contribution in [0.5, 0.6) is 0 Å². The second-order valence-corrected chi connectivity index (χ2v) is 2.95. The van der Waals surface area contributed by atoms with Gasteiger partial charge in [0.15, 0.2) is 0 Å². The summed E-state index contributed by atoms with van der Waals surface area (Å²) < 4.78 is 1.90. The van der Waals surface area contributed by atoms with E-state index < -0.39 is 0 Å². The maximum absolute atomic E-state index is 8.39. The van der Waals surface area contributed by atoms with Crippen LogP contribution in [0, 0.1) is 0 Å². The summed E-state index contributed by atoms with van der Waals surface area (Å²) in [6, 6.07) is 0. The van der Waals surface area contributed by atoms with Crippen LogP contribution < -0.4 is 0 Å². The monoisotopic (exact) mass is 149 g/mol. The lowest BCUT2D eigenvalue weighted by Gasteiger charge is -2.04. The average molecular weight is 149 g/mol. The molecule has 0 fully saturated rings. The molecule has 0 aromatic heterocycles. The SMILES string of the molecule is C=PN(CCO)P=C. The zero-order valence-corrected chi connectivity index (χ0v) is 6.41. The Kier molecular flexibility index (Phi) is 5.57. The molecule has 0 spiro atoms. The number of aliphatic hydroxyl groups is 1. The quantitative estimate of drug-likeness (QED) is 0.599. The van der Waals surface area contributed by atoms with E-state index in [-0.39, 0.29) is 6.61 Å². The minimum Gasteiger partial charge on any atom is -0.395 e. The molecule has 8 heavy (non-hydrogen) atoms. The van der Waals surface area contributed by atoms with Gasteiger partial charge in [-0.05, 0) is 16.7 Å². The first-order valence-corrected chi connectivity index (χ1v) is 4.23. The predicted octanol–water partition coefficient (Wildman–Crippen LogP) is 0.867. The molecule has 4 heteroatoms. The van der Waals surface area contributed by atoms with E-state index in [1.54, 1.807) is 0 Å². The van der Waals surface area contributed by atoms with Crippen molar-refractivity contribution in [2.24, 2.45) is 0 Å². The Hall–Kier alpha value is 0.260. The van der Waals surface area contributed by atoms with Crippen molar-refractivity contribution in [2.75, 3.05) is 13.2 Å². The summed E-state index contributed by atoms with van der Waals surface area (Å²) in [4.78, 5) is 0. The Morgan fingerprint density at radius 3 is 2.00 bits per heavy atom. The second-order valence-electron chi connectivity index (χ2n) is 1.10. The standard InChI is InChI=1S/C4H9NOP2/c1-7-5(8-2)3-4-6/h6H,1-4H2. The molecule has 0 saturated heterocycles. The molecule has 0 aromatic rings. The Labute approximate surface area is 52.8 Å². The Balaban J connectivity index is 3.35. The Bertz CT molecular complexity index is 78.1. The molecule has 0 saturated carbocycles. The van der Waals surface area contributed by atoms with E-state index in [1.807, 2.05) is 4.44 Å². The fourth-order valence-electron chi connectivity index (χ4n) is 0.276. The molecular formula is C4H9NOP2. The minimum atomic E-state index is 0.186. The third kappa shape index (κ3) is 3.29. The molecule has 0 heterocycles. The topological polar surface area (TPSA) is 23.5 Å². The molecule has 0 aliphatic carbocycles. The molecule has 0 aliphatic rings. The fraction of sp³-hybridized carbons (Fsp3) is 0.500. The van der Waals surface area contributed by atoms with Gasteiger partial charge >= 0.3 is 0 Å². The van der Waals surface area contributed by atoms with E-state index in [9.17, 15) is 0 Å². The van der Waals surface area contributed by atoms with Gasteiger partial charge < -0.3 is 5.11 Å². The van der Waals surface area contributed by atoms with Crippen molar-refractivity contribution >= 4 is 29.3 Å². The van der Waals surface area contributed by atoms with Crippen LogP contribution in [0.4, 0.5) is 0 Å². The van der Waals surface area contributed by atoms with Gasteiger partial charge in [-0.15, -0.1) is 0 Å². The lowest BCUT2D eigenvalue weighted by molar-refractivity contribution is 0.288. The van der Waals surface area contributed by atoms with E-state index in [1.165, 1.54) is 0 Å². The van der Waals surface area contributed by atoms with Gasteiger partial charge in [-0.1, -0.05) is 12.6 Å². The van der Waals surface area contributed by atoms with Gasteiger partial charge in [0, 0.05) is 6.54 Å². The van der Waals surface area contributed by atoms with Crippen molar-refractivity contribution < 1.29 is 5.11 Å².